The van der Waals surface area contributed by atoms with Crippen molar-refractivity contribution in [1.29, 1.82) is 0 Å². The maximum absolute atomic E-state index is 4.90. The Morgan fingerprint density at radius 3 is 2.56 bits per heavy atom. The Bertz CT molecular complexity index is 899. The molecule has 2 N–H and O–H groups in total. The first-order valence-electron chi connectivity index (χ1n) is 12.0. The Kier molecular flexibility index (Phi) is 7.83. The zero-order chi connectivity index (χ0) is 22.2. The lowest BCUT2D eigenvalue weighted by Gasteiger charge is -2.38. The molecule has 2 aromatic carbocycles. The van der Waals surface area contributed by atoms with Crippen molar-refractivity contribution >= 4 is 11.6 Å². The largest absolute Gasteiger partial charge is 0.364 e. The summed E-state index contributed by atoms with van der Waals surface area (Å²) in [6.07, 6.45) is 6.72. The second kappa shape index (κ2) is 11.2. The summed E-state index contributed by atoms with van der Waals surface area (Å²) in [6.45, 7) is 10.2. The van der Waals surface area contributed by atoms with Crippen LogP contribution in [0.15, 0.2) is 71.7 Å². The third-order valence-corrected chi connectivity index (χ3v) is 6.44. The van der Waals surface area contributed by atoms with Gasteiger partial charge in [-0.25, -0.2) is 4.99 Å². The Morgan fingerprint density at radius 2 is 1.81 bits per heavy atom. The van der Waals surface area contributed by atoms with Gasteiger partial charge in [0, 0.05) is 50.5 Å². The summed E-state index contributed by atoms with van der Waals surface area (Å²) in [7, 11) is 0. The van der Waals surface area contributed by atoms with Gasteiger partial charge in [-0.15, -0.1) is 0 Å². The molecule has 0 saturated carbocycles. The molecule has 0 spiro atoms. The Labute approximate surface area is 193 Å². The molecule has 5 nitrogen and oxygen atoms in total. The van der Waals surface area contributed by atoms with Crippen LogP contribution in [0.2, 0.25) is 0 Å². The third kappa shape index (κ3) is 6.13. The number of anilines is 1. The van der Waals surface area contributed by atoms with E-state index >= 15 is 0 Å². The summed E-state index contributed by atoms with van der Waals surface area (Å²) in [5.41, 5.74) is 3.92. The van der Waals surface area contributed by atoms with Crippen LogP contribution in [0.3, 0.4) is 0 Å². The number of piperidine rings is 1. The van der Waals surface area contributed by atoms with Gasteiger partial charge in [0.05, 0.1) is 6.54 Å². The van der Waals surface area contributed by atoms with Gasteiger partial charge in [-0.2, -0.15) is 0 Å². The van der Waals surface area contributed by atoms with E-state index in [2.05, 4.69) is 101 Å². The number of nitrogens with zero attached hydrogens (tertiary/aromatic N) is 3. The first-order valence-corrected chi connectivity index (χ1v) is 12.0. The molecule has 0 amide bonds. The number of nitrogens with one attached hydrogen (secondary N) is 2. The molecule has 0 aliphatic carbocycles. The minimum Gasteiger partial charge on any atom is -0.364 e. The summed E-state index contributed by atoms with van der Waals surface area (Å²) in [5.74, 6) is 0.925. The average molecular weight is 432 g/mol. The van der Waals surface area contributed by atoms with Gasteiger partial charge in [0.1, 0.15) is 0 Å². The van der Waals surface area contributed by atoms with Crippen molar-refractivity contribution in [3.05, 3.63) is 77.9 Å². The highest BCUT2D eigenvalue weighted by molar-refractivity contribution is 5.80. The van der Waals surface area contributed by atoms with Crippen LogP contribution in [0.1, 0.15) is 37.8 Å². The lowest BCUT2D eigenvalue weighted by molar-refractivity contribution is 0.134. The molecule has 2 aliphatic rings. The molecule has 2 aliphatic heterocycles. The van der Waals surface area contributed by atoms with Crippen molar-refractivity contribution in [3.8, 4) is 0 Å². The quantitative estimate of drug-likeness (QED) is 0.392. The smallest absolute Gasteiger partial charge is 0.191 e. The van der Waals surface area contributed by atoms with E-state index in [4.69, 9.17) is 4.99 Å². The van der Waals surface area contributed by atoms with Crippen LogP contribution < -0.4 is 15.5 Å². The molecule has 2 unspecified atom stereocenters. The Hall–Kier alpha value is -2.79. The molecule has 2 aromatic rings. The minimum absolute atomic E-state index is 0.455. The van der Waals surface area contributed by atoms with Crippen LogP contribution in [-0.4, -0.2) is 49.1 Å². The SMILES string of the molecule is CCNC(=NCc1cccc(N2CC=CC2)c1)NC1CCN(Cc2ccccc2)C(C)C1. The van der Waals surface area contributed by atoms with Crippen molar-refractivity contribution in [1.82, 2.24) is 15.5 Å². The first-order chi connectivity index (χ1) is 15.7. The van der Waals surface area contributed by atoms with Crippen molar-refractivity contribution < 1.29 is 0 Å². The normalized spacial score (nSPS) is 21.7. The number of benzene rings is 2. The molecule has 1 fully saturated rings. The van der Waals surface area contributed by atoms with Gasteiger partial charge in [-0.1, -0.05) is 54.6 Å². The molecule has 170 valence electrons. The van der Waals surface area contributed by atoms with E-state index in [-0.39, 0.29) is 0 Å². The van der Waals surface area contributed by atoms with E-state index in [1.807, 2.05) is 0 Å². The van der Waals surface area contributed by atoms with Crippen LogP contribution in [-0.2, 0) is 13.1 Å². The van der Waals surface area contributed by atoms with Gasteiger partial charge in [0.15, 0.2) is 5.96 Å². The highest BCUT2D eigenvalue weighted by Gasteiger charge is 2.26. The minimum atomic E-state index is 0.455. The van der Waals surface area contributed by atoms with Crippen LogP contribution in [0.25, 0.3) is 0 Å². The number of hydrogen-bond donors (Lipinski definition) is 2. The maximum Gasteiger partial charge on any atom is 0.191 e. The van der Waals surface area contributed by atoms with E-state index in [0.29, 0.717) is 18.6 Å². The van der Waals surface area contributed by atoms with Crippen molar-refractivity contribution in [2.24, 2.45) is 4.99 Å². The standard InChI is InChI=1S/C27H37N5/c1-3-28-27(29-20-24-12-9-13-26(19-24)31-15-7-8-16-31)30-25-14-17-32(22(2)18-25)21-23-10-5-4-6-11-23/h4-13,19,22,25H,3,14-18,20-21H2,1-2H3,(H2,28,29,30). The number of guanidine groups is 1. The highest BCUT2D eigenvalue weighted by atomic mass is 15.2. The number of aliphatic imine (C=N–C) groups is 1. The van der Waals surface area contributed by atoms with Gasteiger partial charge in [-0.3, -0.25) is 4.90 Å². The molecular formula is C27H37N5. The molecule has 0 aromatic heterocycles. The molecule has 0 radical (unpaired) electrons. The zero-order valence-electron chi connectivity index (χ0n) is 19.5. The lowest BCUT2D eigenvalue weighted by atomic mass is 9.97. The predicted octanol–water partition coefficient (Wildman–Crippen LogP) is 4.17. The molecule has 2 atom stereocenters. The molecule has 32 heavy (non-hydrogen) atoms. The molecular weight excluding hydrogens is 394 g/mol. The van der Waals surface area contributed by atoms with Crippen LogP contribution in [0.4, 0.5) is 5.69 Å². The molecule has 4 rings (SSSR count). The second-order valence-electron chi connectivity index (χ2n) is 8.91. The number of likely N-dealkylation sites (tertiary alicyclic amines) is 1. The van der Waals surface area contributed by atoms with E-state index in [9.17, 15) is 0 Å². The summed E-state index contributed by atoms with van der Waals surface area (Å²) in [4.78, 5) is 9.87. The summed E-state index contributed by atoms with van der Waals surface area (Å²) < 4.78 is 0. The van der Waals surface area contributed by atoms with Crippen molar-refractivity contribution in [2.45, 2.75) is 51.9 Å². The molecule has 1 saturated heterocycles. The van der Waals surface area contributed by atoms with Gasteiger partial charge in [0.25, 0.3) is 0 Å². The lowest BCUT2D eigenvalue weighted by Crippen LogP contribution is -2.51. The fourth-order valence-corrected chi connectivity index (χ4v) is 4.63. The van der Waals surface area contributed by atoms with Crippen LogP contribution >= 0.6 is 0 Å². The topological polar surface area (TPSA) is 42.9 Å². The number of rotatable bonds is 7. The van der Waals surface area contributed by atoms with Gasteiger partial charge in [0.2, 0.25) is 0 Å². The average Bonchev–Trinajstić information content (AvgIpc) is 3.36. The van der Waals surface area contributed by atoms with Crippen molar-refractivity contribution in [2.75, 3.05) is 31.1 Å². The van der Waals surface area contributed by atoms with Crippen LogP contribution in [0, 0.1) is 0 Å². The van der Waals surface area contributed by atoms with E-state index in [0.717, 1.165) is 51.5 Å². The zero-order valence-corrected chi connectivity index (χ0v) is 19.5. The summed E-state index contributed by atoms with van der Waals surface area (Å²) in [5, 5.41) is 7.14. The highest BCUT2D eigenvalue weighted by Crippen LogP contribution is 2.21. The Morgan fingerprint density at radius 1 is 1.03 bits per heavy atom. The van der Waals surface area contributed by atoms with E-state index in [1.165, 1.54) is 16.8 Å². The predicted molar refractivity (Wildman–Crippen MR) is 135 cm³/mol. The van der Waals surface area contributed by atoms with E-state index in [1.54, 1.807) is 0 Å². The van der Waals surface area contributed by atoms with Crippen molar-refractivity contribution in [3.63, 3.8) is 0 Å². The fourth-order valence-electron chi connectivity index (χ4n) is 4.63. The third-order valence-electron chi connectivity index (χ3n) is 6.44. The monoisotopic (exact) mass is 431 g/mol. The second-order valence-corrected chi connectivity index (χ2v) is 8.91. The van der Waals surface area contributed by atoms with E-state index < -0.39 is 0 Å². The molecule has 2 heterocycles. The summed E-state index contributed by atoms with van der Waals surface area (Å²) >= 11 is 0. The molecule has 5 heteroatoms. The van der Waals surface area contributed by atoms with Gasteiger partial charge < -0.3 is 15.5 Å². The first kappa shape index (κ1) is 22.4. The van der Waals surface area contributed by atoms with Gasteiger partial charge in [-0.05, 0) is 49.9 Å². The van der Waals surface area contributed by atoms with Crippen LogP contribution in [0.5, 0.6) is 0 Å². The fraction of sp³-hybridized carbons (Fsp3) is 0.444. The summed E-state index contributed by atoms with van der Waals surface area (Å²) in [6, 6.07) is 20.6. The van der Waals surface area contributed by atoms with Gasteiger partial charge >= 0.3 is 0 Å². The molecule has 0 bridgehead atoms. The number of hydrogen-bond acceptors (Lipinski definition) is 3. The Balaban J connectivity index is 1.32. The maximum atomic E-state index is 4.90.